The molecule has 2 aromatic rings. The Labute approximate surface area is 122 Å². The van der Waals surface area contributed by atoms with Gasteiger partial charge < -0.3 is 5.73 Å². The van der Waals surface area contributed by atoms with Gasteiger partial charge in [0.2, 0.25) is 10.0 Å². The number of sulfonamides is 1. The van der Waals surface area contributed by atoms with Gasteiger partial charge in [0.1, 0.15) is 4.90 Å². The second kappa shape index (κ2) is 6.04. The molecule has 0 saturated heterocycles. The van der Waals surface area contributed by atoms with Crippen LogP contribution in [0, 0.1) is 6.92 Å². The highest BCUT2D eigenvalue weighted by Gasteiger charge is 2.21. The van der Waals surface area contributed by atoms with Gasteiger partial charge in [-0.05, 0) is 29.9 Å². The van der Waals surface area contributed by atoms with Crippen LogP contribution < -0.4 is 10.5 Å². The first-order chi connectivity index (χ1) is 9.44. The highest BCUT2D eigenvalue weighted by molar-refractivity contribution is 7.89. The molecule has 0 aromatic carbocycles. The first-order valence-electron chi connectivity index (χ1n) is 6.18. The molecule has 0 spiro atoms. The predicted molar refractivity (Wildman–Crippen MR) is 79.0 cm³/mol. The van der Waals surface area contributed by atoms with E-state index in [1.54, 1.807) is 17.8 Å². The first-order valence-corrected chi connectivity index (χ1v) is 8.54. The van der Waals surface area contributed by atoms with Crippen LogP contribution in [0.25, 0.3) is 0 Å². The summed E-state index contributed by atoms with van der Waals surface area (Å²) >= 11 is 1.38. The van der Waals surface area contributed by atoms with Gasteiger partial charge in [-0.1, -0.05) is 0 Å². The van der Waals surface area contributed by atoms with Gasteiger partial charge in [-0.25, -0.2) is 13.1 Å². The molecule has 0 atom stereocenters. The van der Waals surface area contributed by atoms with Gasteiger partial charge >= 0.3 is 0 Å². The molecule has 110 valence electrons. The molecule has 0 radical (unpaired) electrons. The number of nitrogens with two attached hydrogens (primary N) is 1. The molecule has 0 unspecified atom stereocenters. The monoisotopic (exact) mass is 314 g/mol. The molecule has 6 nitrogen and oxygen atoms in total. The fraction of sp³-hybridized carbons (Fsp3) is 0.417. The van der Waals surface area contributed by atoms with Crippen molar-refractivity contribution < 1.29 is 8.42 Å². The fourth-order valence-corrected chi connectivity index (χ4v) is 4.72. The minimum absolute atomic E-state index is 0.233. The Morgan fingerprint density at radius 1 is 1.50 bits per heavy atom. The van der Waals surface area contributed by atoms with Crippen LogP contribution in [0.2, 0.25) is 0 Å². The van der Waals surface area contributed by atoms with Crippen LogP contribution >= 0.6 is 11.3 Å². The van der Waals surface area contributed by atoms with E-state index in [1.165, 1.54) is 11.3 Å². The van der Waals surface area contributed by atoms with Crippen molar-refractivity contribution in [3.8, 4) is 0 Å². The highest BCUT2D eigenvalue weighted by Crippen LogP contribution is 2.26. The van der Waals surface area contributed by atoms with Gasteiger partial charge in [-0.3, -0.25) is 4.68 Å². The summed E-state index contributed by atoms with van der Waals surface area (Å²) in [5.74, 6) is 0. The van der Waals surface area contributed by atoms with Gasteiger partial charge in [0, 0.05) is 31.2 Å². The van der Waals surface area contributed by atoms with Crippen molar-refractivity contribution in [2.24, 2.45) is 12.8 Å². The van der Waals surface area contributed by atoms with Crippen molar-refractivity contribution >= 4 is 21.4 Å². The van der Waals surface area contributed by atoms with Gasteiger partial charge in [-0.15, -0.1) is 11.3 Å². The lowest BCUT2D eigenvalue weighted by Crippen LogP contribution is -2.27. The van der Waals surface area contributed by atoms with Crippen LogP contribution in [0.4, 0.5) is 0 Å². The number of rotatable bonds is 6. The quantitative estimate of drug-likeness (QED) is 0.824. The second-order valence-corrected chi connectivity index (χ2v) is 7.21. The van der Waals surface area contributed by atoms with Crippen LogP contribution in [-0.4, -0.2) is 24.7 Å². The zero-order chi connectivity index (χ0) is 14.8. The average Bonchev–Trinajstić information content (AvgIpc) is 2.95. The zero-order valence-corrected chi connectivity index (χ0v) is 13.1. The summed E-state index contributed by atoms with van der Waals surface area (Å²) < 4.78 is 28.9. The molecule has 2 rings (SSSR count). The Morgan fingerprint density at radius 2 is 2.25 bits per heavy atom. The minimum Gasteiger partial charge on any atom is -0.326 e. The Bertz CT molecular complexity index is 688. The summed E-state index contributed by atoms with van der Waals surface area (Å²) in [6.45, 7) is 2.36. The summed E-state index contributed by atoms with van der Waals surface area (Å²) in [6.07, 6.45) is 4.21. The molecule has 0 fully saturated rings. The number of hydrogen-bond acceptors (Lipinski definition) is 5. The van der Waals surface area contributed by atoms with Crippen molar-refractivity contribution in [1.29, 1.82) is 0 Å². The number of nitrogens with zero attached hydrogens (tertiary/aromatic N) is 2. The average molecular weight is 314 g/mol. The summed E-state index contributed by atoms with van der Waals surface area (Å²) in [7, 11) is -1.67. The lowest BCUT2D eigenvalue weighted by Gasteiger charge is -2.07. The van der Waals surface area contributed by atoms with E-state index in [1.807, 2.05) is 18.6 Å². The van der Waals surface area contributed by atoms with Crippen molar-refractivity contribution in [3.63, 3.8) is 0 Å². The van der Waals surface area contributed by atoms with Crippen molar-refractivity contribution in [3.05, 3.63) is 33.8 Å². The third-order valence-electron chi connectivity index (χ3n) is 2.91. The number of thiophene rings is 1. The number of nitrogens with one attached hydrogen (secondary N) is 1. The molecule has 2 heterocycles. The number of aryl methyl sites for hydroxylation is 2. The first kappa shape index (κ1) is 15.2. The smallest absolute Gasteiger partial charge is 0.241 e. The van der Waals surface area contributed by atoms with E-state index < -0.39 is 10.0 Å². The maximum atomic E-state index is 12.3. The zero-order valence-electron chi connectivity index (χ0n) is 11.5. The van der Waals surface area contributed by atoms with E-state index >= 15 is 0 Å². The highest BCUT2D eigenvalue weighted by atomic mass is 32.2. The lowest BCUT2D eigenvalue weighted by molar-refractivity contribution is 0.580. The normalized spacial score (nSPS) is 11.9. The molecule has 2 aromatic heterocycles. The van der Waals surface area contributed by atoms with E-state index in [0.717, 1.165) is 11.1 Å². The van der Waals surface area contributed by atoms with E-state index in [4.69, 9.17) is 5.73 Å². The van der Waals surface area contributed by atoms with Gasteiger partial charge in [0.15, 0.2) is 0 Å². The van der Waals surface area contributed by atoms with Crippen LogP contribution in [0.15, 0.2) is 22.7 Å². The Balaban J connectivity index is 2.06. The summed E-state index contributed by atoms with van der Waals surface area (Å²) in [5.41, 5.74) is 7.33. The molecule has 8 heteroatoms. The maximum absolute atomic E-state index is 12.3. The van der Waals surface area contributed by atoms with E-state index in [0.29, 0.717) is 22.7 Å². The minimum atomic E-state index is -3.50. The third-order valence-corrected chi connectivity index (χ3v) is 5.85. The molecule has 3 N–H and O–H groups in total. The molecular weight excluding hydrogens is 296 g/mol. The van der Waals surface area contributed by atoms with Gasteiger partial charge in [0.05, 0.1) is 6.20 Å². The van der Waals surface area contributed by atoms with Crippen molar-refractivity contribution in [2.45, 2.75) is 24.8 Å². The molecule has 0 aliphatic rings. The SMILES string of the molecule is Cc1csc(CN)c1S(=O)(=O)NCCc1cnn(C)c1. The van der Waals surface area contributed by atoms with Crippen molar-refractivity contribution in [1.82, 2.24) is 14.5 Å². The summed E-state index contributed by atoms with van der Waals surface area (Å²) in [5, 5.41) is 5.87. The van der Waals surface area contributed by atoms with E-state index in [9.17, 15) is 8.42 Å². The largest absolute Gasteiger partial charge is 0.326 e. The van der Waals surface area contributed by atoms with Crippen LogP contribution in [-0.2, 0) is 30.0 Å². The molecule has 0 aliphatic carbocycles. The standard InChI is InChI=1S/C12H18N4O2S2/c1-9-8-19-11(5-13)12(9)20(17,18)15-4-3-10-6-14-16(2)7-10/h6-8,15H,3-5,13H2,1-2H3. The second-order valence-electron chi connectivity index (χ2n) is 4.55. The van der Waals surface area contributed by atoms with E-state index in [-0.39, 0.29) is 6.54 Å². The van der Waals surface area contributed by atoms with Gasteiger partial charge in [0.25, 0.3) is 0 Å². The van der Waals surface area contributed by atoms with Gasteiger partial charge in [-0.2, -0.15) is 5.10 Å². The molecule has 20 heavy (non-hydrogen) atoms. The molecule has 0 aliphatic heterocycles. The van der Waals surface area contributed by atoms with Crippen LogP contribution in [0.1, 0.15) is 16.0 Å². The Hall–Kier alpha value is -1.22. The summed E-state index contributed by atoms with van der Waals surface area (Å²) in [6, 6.07) is 0. The fourth-order valence-electron chi connectivity index (χ4n) is 1.99. The third kappa shape index (κ3) is 3.26. The summed E-state index contributed by atoms with van der Waals surface area (Å²) in [4.78, 5) is 1.02. The molecule has 0 bridgehead atoms. The number of aromatic nitrogens is 2. The maximum Gasteiger partial charge on any atom is 0.241 e. The lowest BCUT2D eigenvalue weighted by atomic mass is 10.3. The predicted octanol–water partition coefficient (Wildman–Crippen LogP) is 0.770. The number of hydrogen-bond donors (Lipinski definition) is 2. The van der Waals surface area contributed by atoms with E-state index in [2.05, 4.69) is 9.82 Å². The van der Waals surface area contributed by atoms with Crippen molar-refractivity contribution in [2.75, 3.05) is 6.54 Å². The molecule has 0 saturated carbocycles. The van der Waals surface area contributed by atoms with Crippen LogP contribution in [0.5, 0.6) is 0 Å². The Kier molecular flexibility index (Phi) is 4.59. The van der Waals surface area contributed by atoms with Crippen LogP contribution in [0.3, 0.4) is 0 Å². The topological polar surface area (TPSA) is 90.0 Å². The molecular formula is C12H18N4O2S2. The Morgan fingerprint density at radius 3 is 2.85 bits per heavy atom. The molecule has 0 amide bonds.